The van der Waals surface area contributed by atoms with Gasteiger partial charge in [-0.2, -0.15) is 5.26 Å². The fraction of sp³-hybridized carbons (Fsp3) is 0.542. The Hall–Kier alpha value is -2.69. The lowest BCUT2D eigenvalue weighted by Gasteiger charge is -2.33. The third-order valence-electron chi connectivity index (χ3n) is 6.61. The SMILES string of the molecule is Cn1ccnc1CN1CCC(C(=O)N2CCCN(Cc3ccc(C#N)cc3)CC2)CC1. The van der Waals surface area contributed by atoms with Crippen LogP contribution < -0.4 is 0 Å². The van der Waals surface area contributed by atoms with Crippen LogP contribution in [0.15, 0.2) is 36.7 Å². The third-order valence-corrected chi connectivity index (χ3v) is 6.61. The molecule has 0 atom stereocenters. The van der Waals surface area contributed by atoms with Gasteiger partial charge in [-0.3, -0.25) is 14.6 Å². The van der Waals surface area contributed by atoms with Crippen molar-refractivity contribution >= 4 is 5.91 Å². The second-order valence-corrected chi connectivity index (χ2v) is 8.77. The van der Waals surface area contributed by atoms with Gasteiger partial charge in [0.25, 0.3) is 0 Å². The van der Waals surface area contributed by atoms with E-state index in [9.17, 15) is 4.79 Å². The molecule has 31 heavy (non-hydrogen) atoms. The Balaban J connectivity index is 1.24. The summed E-state index contributed by atoms with van der Waals surface area (Å²) in [5, 5.41) is 8.95. The van der Waals surface area contributed by atoms with Crippen LogP contribution in [0.2, 0.25) is 0 Å². The Kier molecular flexibility index (Phi) is 7.00. The second kappa shape index (κ2) is 10.1. The smallest absolute Gasteiger partial charge is 0.225 e. The summed E-state index contributed by atoms with van der Waals surface area (Å²) in [7, 11) is 2.03. The van der Waals surface area contributed by atoms with Gasteiger partial charge in [-0.15, -0.1) is 0 Å². The minimum Gasteiger partial charge on any atom is -0.341 e. The van der Waals surface area contributed by atoms with Crippen molar-refractivity contribution in [2.75, 3.05) is 39.3 Å². The van der Waals surface area contributed by atoms with Gasteiger partial charge in [0.05, 0.1) is 18.2 Å². The zero-order valence-corrected chi connectivity index (χ0v) is 18.4. The molecule has 2 aliphatic heterocycles. The Labute approximate surface area is 184 Å². The maximum absolute atomic E-state index is 13.2. The van der Waals surface area contributed by atoms with Crippen molar-refractivity contribution in [1.82, 2.24) is 24.3 Å². The van der Waals surface area contributed by atoms with E-state index >= 15 is 0 Å². The van der Waals surface area contributed by atoms with Crippen molar-refractivity contribution in [2.45, 2.75) is 32.4 Å². The van der Waals surface area contributed by atoms with Crippen molar-refractivity contribution in [1.29, 1.82) is 5.26 Å². The summed E-state index contributed by atoms with van der Waals surface area (Å²) in [4.78, 5) is 24.5. The van der Waals surface area contributed by atoms with Crippen molar-refractivity contribution in [2.24, 2.45) is 13.0 Å². The number of benzene rings is 1. The predicted octanol–water partition coefficient (Wildman–Crippen LogP) is 2.24. The molecule has 1 aromatic carbocycles. The lowest BCUT2D eigenvalue weighted by Crippen LogP contribution is -2.43. The van der Waals surface area contributed by atoms with Crippen LogP contribution >= 0.6 is 0 Å². The largest absolute Gasteiger partial charge is 0.341 e. The Morgan fingerprint density at radius 2 is 1.77 bits per heavy atom. The highest BCUT2D eigenvalue weighted by molar-refractivity contribution is 5.79. The van der Waals surface area contributed by atoms with E-state index in [0.717, 1.165) is 77.4 Å². The average Bonchev–Trinajstić information content (AvgIpc) is 3.06. The number of carbonyl (C=O) groups is 1. The van der Waals surface area contributed by atoms with E-state index in [-0.39, 0.29) is 5.92 Å². The first-order valence-corrected chi connectivity index (χ1v) is 11.3. The summed E-state index contributed by atoms with van der Waals surface area (Å²) >= 11 is 0. The lowest BCUT2D eigenvalue weighted by molar-refractivity contribution is -0.137. The number of rotatable bonds is 5. The molecule has 0 radical (unpaired) electrons. The number of aromatic nitrogens is 2. The van der Waals surface area contributed by atoms with Gasteiger partial charge >= 0.3 is 0 Å². The Bertz CT molecular complexity index is 907. The molecule has 0 spiro atoms. The maximum atomic E-state index is 13.2. The van der Waals surface area contributed by atoms with E-state index < -0.39 is 0 Å². The number of nitrogens with zero attached hydrogens (tertiary/aromatic N) is 6. The molecule has 1 amide bonds. The molecule has 0 bridgehead atoms. The molecule has 1 aromatic heterocycles. The van der Waals surface area contributed by atoms with Crippen molar-refractivity contribution in [3.05, 3.63) is 53.6 Å². The summed E-state index contributed by atoms with van der Waals surface area (Å²) in [6, 6.07) is 9.99. The molecule has 0 N–H and O–H groups in total. The van der Waals surface area contributed by atoms with E-state index in [1.165, 1.54) is 5.56 Å². The highest BCUT2D eigenvalue weighted by atomic mass is 16.2. The predicted molar refractivity (Wildman–Crippen MR) is 119 cm³/mol. The lowest BCUT2D eigenvalue weighted by atomic mass is 9.95. The first-order valence-electron chi connectivity index (χ1n) is 11.3. The van der Waals surface area contributed by atoms with Crippen molar-refractivity contribution in [3.8, 4) is 6.07 Å². The number of hydrogen-bond donors (Lipinski definition) is 0. The molecule has 164 valence electrons. The van der Waals surface area contributed by atoms with Crippen molar-refractivity contribution in [3.63, 3.8) is 0 Å². The summed E-state index contributed by atoms with van der Waals surface area (Å²) in [5.41, 5.74) is 1.92. The van der Waals surface area contributed by atoms with E-state index in [1.807, 2.05) is 43.7 Å². The van der Waals surface area contributed by atoms with Gasteiger partial charge < -0.3 is 9.47 Å². The molecule has 4 rings (SSSR count). The monoisotopic (exact) mass is 420 g/mol. The third kappa shape index (κ3) is 5.52. The van der Waals surface area contributed by atoms with E-state index in [2.05, 4.69) is 30.3 Å². The molecule has 0 unspecified atom stereocenters. The molecular formula is C24H32N6O. The number of carbonyl (C=O) groups excluding carboxylic acids is 1. The first kappa shape index (κ1) is 21.5. The number of aryl methyl sites for hydroxylation is 1. The molecule has 0 saturated carbocycles. The van der Waals surface area contributed by atoms with Gasteiger partial charge in [0, 0.05) is 58.1 Å². The van der Waals surface area contributed by atoms with Gasteiger partial charge in [0.15, 0.2) is 0 Å². The standard InChI is InChI=1S/C24H32N6O/c1-27-14-9-26-23(27)19-29-12-7-22(8-13-29)24(31)30-11-2-10-28(15-16-30)18-21-5-3-20(17-25)4-6-21/h3-6,9,14,22H,2,7-8,10-13,15-16,18-19H2,1H3. The summed E-state index contributed by atoms with van der Waals surface area (Å²) in [6.07, 6.45) is 6.72. The maximum Gasteiger partial charge on any atom is 0.225 e. The fourth-order valence-corrected chi connectivity index (χ4v) is 4.64. The molecule has 2 aliphatic rings. The molecule has 2 saturated heterocycles. The summed E-state index contributed by atoms with van der Waals surface area (Å²) < 4.78 is 2.07. The second-order valence-electron chi connectivity index (χ2n) is 8.77. The molecular weight excluding hydrogens is 388 g/mol. The van der Waals surface area contributed by atoms with Gasteiger partial charge in [0.2, 0.25) is 5.91 Å². The van der Waals surface area contributed by atoms with Crippen LogP contribution in [0.1, 0.15) is 36.2 Å². The first-order chi connectivity index (χ1) is 15.1. The number of hydrogen-bond acceptors (Lipinski definition) is 5. The molecule has 2 aromatic rings. The van der Waals surface area contributed by atoms with Crippen molar-refractivity contribution < 1.29 is 4.79 Å². The van der Waals surface area contributed by atoms with Gasteiger partial charge in [0.1, 0.15) is 5.82 Å². The Morgan fingerprint density at radius 3 is 2.45 bits per heavy atom. The molecule has 7 nitrogen and oxygen atoms in total. The highest BCUT2D eigenvalue weighted by Gasteiger charge is 2.29. The quantitative estimate of drug-likeness (QED) is 0.742. The minimum atomic E-state index is 0.155. The Morgan fingerprint density at radius 1 is 1.03 bits per heavy atom. The summed E-state index contributed by atoms with van der Waals surface area (Å²) in [5.74, 6) is 1.58. The topological polar surface area (TPSA) is 68.4 Å². The normalized spacial score (nSPS) is 19.2. The number of nitriles is 1. The number of imidazole rings is 1. The number of piperidine rings is 1. The van der Waals surface area contributed by atoms with Gasteiger partial charge in [-0.1, -0.05) is 12.1 Å². The molecule has 0 aliphatic carbocycles. The van der Waals surface area contributed by atoms with E-state index in [4.69, 9.17) is 5.26 Å². The average molecular weight is 421 g/mol. The van der Waals surface area contributed by atoms with E-state index in [1.54, 1.807) is 0 Å². The van der Waals surface area contributed by atoms with Crippen LogP contribution in [-0.2, 0) is 24.9 Å². The highest BCUT2D eigenvalue weighted by Crippen LogP contribution is 2.22. The molecule has 2 fully saturated rings. The minimum absolute atomic E-state index is 0.155. The summed E-state index contributed by atoms with van der Waals surface area (Å²) in [6.45, 7) is 7.23. The zero-order chi connectivity index (χ0) is 21.6. The number of amides is 1. The van der Waals surface area contributed by atoms with Crippen LogP contribution in [0.5, 0.6) is 0 Å². The van der Waals surface area contributed by atoms with Crippen LogP contribution in [-0.4, -0.2) is 69.4 Å². The van der Waals surface area contributed by atoms with Gasteiger partial charge in [-0.05, 0) is 50.0 Å². The van der Waals surface area contributed by atoms with Crippen LogP contribution in [0.4, 0.5) is 0 Å². The zero-order valence-electron chi connectivity index (χ0n) is 18.4. The van der Waals surface area contributed by atoms with Crippen LogP contribution in [0.25, 0.3) is 0 Å². The van der Waals surface area contributed by atoms with Crippen LogP contribution in [0, 0.1) is 17.2 Å². The van der Waals surface area contributed by atoms with Gasteiger partial charge in [-0.25, -0.2) is 4.98 Å². The molecule has 7 heteroatoms. The number of likely N-dealkylation sites (tertiary alicyclic amines) is 1. The molecule has 3 heterocycles. The fourth-order valence-electron chi connectivity index (χ4n) is 4.64. The van der Waals surface area contributed by atoms with E-state index in [0.29, 0.717) is 11.5 Å². The van der Waals surface area contributed by atoms with Crippen LogP contribution in [0.3, 0.4) is 0 Å².